The number of carbonyl (C=O) groups is 2. The Morgan fingerprint density at radius 3 is 2.48 bits per heavy atom. The lowest BCUT2D eigenvalue weighted by Crippen LogP contribution is -2.45. The molecule has 0 radical (unpaired) electrons. The molecule has 0 aliphatic carbocycles. The molecular formula is C17H18BrNO3S. The first kappa shape index (κ1) is 17.7. The number of hydrogen-bond donors (Lipinski definition) is 1. The van der Waals surface area contributed by atoms with Gasteiger partial charge in [0.1, 0.15) is 12.6 Å². The summed E-state index contributed by atoms with van der Waals surface area (Å²) in [5, 5.41) is 4.58. The molecule has 0 spiro atoms. The van der Waals surface area contributed by atoms with Crippen molar-refractivity contribution in [3.05, 3.63) is 56.7 Å². The fourth-order valence-electron chi connectivity index (χ4n) is 1.94. The summed E-state index contributed by atoms with van der Waals surface area (Å²) in [6.45, 7) is 3.94. The lowest BCUT2D eigenvalue weighted by atomic mass is 10.0. The van der Waals surface area contributed by atoms with Crippen molar-refractivity contribution in [3.8, 4) is 0 Å². The van der Waals surface area contributed by atoms with Gasteiger partial charge in [-0.25, -0.2) is 4.79 Å². The average Bonchev–Trinajstić information content (AvgIpc) is 3.05. The third-order valence-electron chi connectivity index (χ3n) is 3.25. The normalized spacial score (nSPS) is 12.0. The van der Waals surface area contributed by atoms with Gasteiger partial charge in [-0.2, -0.15) is 0 Å². The summed E-state index contributed by atoms with van der Waals surface area (Å²) >= 11 is 4.70. The van der Waals surface area contributed by atoms with Crippen molar-refractivity contribution in [3.63, 3.8) is 0 Å². The maximum Gasteiger partial charge on any atom is 0.329 e. The number of esters is 1. The van der Waals surface area contributed by atoms with Crippen molar-refractivity contribution in [1.29, 1.82) is 0 Å². The van der Waals surface area contributed by atoms with Crippen LogP contribution in [0.4, 0.5) is 0 Å². The largest absolute Gasteiger partial charge is 0.459 e. The zero-order chi connectivity index (χ0) is 16.8. The zero-order valence-electron chi connectivity index (χ0n) is 12.9. The Kier molecular flexibility index (Phi) is 6.36. The molecule has 1 heterocycles. The highest BCUT2D eigenvalue weighted by molar-refractivity contribution is 9.10. The summed E-state index contributed by atoms with van der Waals surface area (Å²) in [4.78, 5) is 25.0. The van der Waals surface area contributed by atoms with Crippen molar-refractivity contribution >= 4 is 39.1 Å². The van der Waals surface area contributed by atoms with Crippen LogP contribution in [0.25, 0.3) is 0 Å². The summed E-state index contributed by atoms with van der Waals surface area (Å²) in [6.07, 6.45) is 0. The molecule has 0 saturated carbocycles. The highest BCUT2D eigenvalue weighted by Gasteiger charge is 2.26. The van der Waals surface area contributed by atoms with E-state index in [0.717, 1.165) is 10.0 Å². The number of benzene rings is 1. The first-order chi connectivity index (χ1) is 11.0. The lowest BCUT2D eigenvalue weighted by molar-refractivity contribution is -0.148. The van der Waals surface area contributed by atoms with E-state index in [4.69, 9.17) is 4.74 Å². The molecule has 0 bridgehead atoms. The molecule has 0 aliphatic rings. The smallest absolute Gasteiger partial charge is 0.329 e. The fraction of sp³-hybridized carbons (Fsp3) is 0.294. The average molecular weight is 396 g/mol. The van der Waals surface area contributed by atoms with E-state index in [2.05, 4.69) is 21.2 Å². The van der Waals surface area contributed by atoms with Crippen LogP contribution < -0.4 is 5.32 Å². The first-order valence-corrected chi connectivity index (χ1v) is 8.90. The highest BCUT2D eigenvalue weighted by Crippen LogP contribution is 2.14. The van der Waals surface area contributed by atoms with E-state index in [0.29, 0.717) is 4.88 Å². The molecule has 1 amide bonds. The van der Waals surface area contributed by atoms with Crippen LogP contribution in [0.2, 0.25) is 0 Å². The molecule has 4 nitrogen and oxygen atoms in total. The Balaban J connectivity index is 1.95. The minimum atomic E-state index is -0.667. The monoisotopic (exact) mass is 395 g/mol. The van der Waals surface area contributed by atoms with E-state index in [1.807, 2.05) is 43.5 Å². The second kappa shape index (κ2) is 8.26. The highest BCUT2D eigenvalue weighted by atomic mass is 79.9. The van der Waals surface area contributed by atoms with E-state index in [1.54, 1.807) is 12.1 Å². The summed E-state index contributed by atoms with van der Waals surface area (Å²) in [7, 11) is 0. The molecule has 2 rings (SSSR count). The van der Waals surface area contributed by atoms with Gasteiger partial charge < -0.3 is 10.1 Å². The van der Waals surface area contributed by atoms with E-state index in [1.165, 1.54) is 11.3 Å². The van der Waals surface area contributed by atoms with Crippen molar-refractivity contribution in [2.45, 2.75) is 26.5 Å². The van der Waals surface area contributed by atoms with Gasteiger partial charge in [-0.3, -0.25) is 4.79 Å². The lowest BCUT2D eigenvalue weighted by Gasteiger charge is -2.20. The van der Waals surface area contributed by atoms with E-state index in [9.17, 15) is 9.59 Å². The van der Waals surface area contributed by atoms with Crippen LogP contribution in [-0.2, 0) is 16.1 Å². The van der Waals surface area contributed by atoms with E-state index < -0.39 is 12.0 Å². The van der Waals surface area contributed by atoms with Crippen LogP contribution in [0.15, 0.2) is 46.3 Å². The first-order valence-electron chi connectivity index (χ1n) is 7.23. The Morgan fingerprint density at radius 1 is 1.22 bits per heavy atom. The van der Waals surface area contributed by atoms with Gasteiger partial charge in [0, 0.05) is 4.47 Å². The predicted octanol–water partition coefficient (Wildman–Crippen LogP) is 4.01. The zero-order valence-corrected chi connectivity index (χ0v) is 15.3. The number of halogens is 1. The molecule has 23 heavy (non-hydrogen) atoms. The molecule has 0 aliphatic heterocycles. The van der Waals surface area contributed by atoms with Crippen LogP contribution in [0.3, 0.4) is 0 Å². The molecule has 6 heteroatoms. The number of rotatable bonds is 6. The molecule has 1 N–H and O–H groups in total. The fourth-order valence-corrected chi connectivity index (χ4v) is 2.83. The molecular weight excluding hydrogens is 378 g/mol. The second-order valence-corrected chi connectivity index (χ2v) is 7.27. The van der Waals surface area contributed by atoms with Crippen molar-refractivity contribution < 1.29 is 14.3 Å². The van der Waals surface area contributed by atoms with Crippen molar-refractivity contribution in [2.75, 3.05) is 0 Å². The van der Waals surface area contributed by atoms with Gasteiger partial charge in [-0.15, -0.1) is 11.3 Å². The maximum absolute atomic E-state index is 12.3. The van der Waals surface area contributed by atoms with Gasteiger partial charge in [0.15, 0.2) is 0 Å². The maximum atomic E-state index is 12.3. The minimum absolute atomic E-state index is 0.0590. The minimum Gasteiger partial charge on any atom is -0.459 e. The molecule has 2 aromatic rings. The number of carbonyl (C=O) groups excluding carboxylic acids is 2. The quantitative estimate of drug-likeness (QED) is 0.751. The van der Waals surface area contributed by atoms with Crippen LogP contribution >= 0.6 is 27.3 Å². The summed E-state index contributed by atoms with van der Waals surface area (Å²) in [5.74, 6) is -0.733. The molecule has 122 valence electrons. The third kappa shape index (κ3) is 5.18. The Morgan fingerprint density at radius 2 is 1.91 bits per heavy atom. The molecule has 0 unspecified atom stereocenters. The van der Waals surface area contributed by atoms with Gasteiger partial charge in [-0.05, 0) is 35.1 Å². The number of thiophene rings is 1. The molecule has 0 fully saturated rings. The number of hydrogen-bond acceptors (Lipinski definition) is 4. The van der Waals surface area contributed by atoms with Crippen LogP contribution in [-0.4, -0.2) is 17.9 Å². The van der Waals surface area contributed by atoms with Gasteiger partial charge in [-0.1, -0.05) is 48.0 Å². The number of ether oxygens (including phenoxy) is 1. The van der Waals surface area contributed by atoms with Gasteiger partial charge in [0.2, 0.25) is 0 Å². The van der Waals surface area contributed by atoms with Crippen molar-refractivity contribution in [2.24, 2.45) is 5.92 Å². The molecule has 0 saturated heterocycles. The summed E-state index contributed by atoms with van der Waals surface area (Å²) in [6, 6.07) is 10.4. The number of nitrogens with one attached hydrogen (secondary N) is 1. The molecule has 1 aromatic heterocycles. The third-order valence-corrected chi connectivity index (χ3v) is 4.64. The van der Waals surface area contributed by atoms with E-state index in [-0.39, 0.29) is 18.4 Å². The van der Waals surface area contributed by atoms with E-state index >= 15 is 0 Å². The summed E-state index contributed by atoms with van der Waals surface area (Å²) < 4.78 is 6.31. The van der Waals surface area contributed by atoms with Crippen molar-refractivity contribution in [1.82, 2.24) is 5.32 Å². The Bertz CT molecular complexity index is 653. The molecule has 1 atom stereocenters. The van der Waals surface area contributed by atoms with Crippen LogP contribution in [0, 0.1) is 5.92 Å². The Hall–Kier alpha value is -1.66. The van der Waals surface area contributed by atoms with Gasteiger partial charge in [0.25, 0.3) is 5.91 Å². The predicted molar refractivity (Wildman–Crippen MR) is 94.3 cm³/mol. The second-order valence-electron chi connectivity index (χ2n) is 5.41. The summed E-state index contributed by atoms with van der Waals surface area (Å²) in [5.41, 5.74) is 0.897. The van der Waals surface area contributed by atoms with Crippen LogP contribution in [0.1, 0.15) is 29.1 Å². The van der Waals surface area contributed by atoms with Gasteiger partial charge >= 0.3 is 5.97 Å². The number of amides is 1. The standard InChI is InChI=1S/C17H18BrNO3S/c1-11(2)15(19-16(20)14-4-3-9-23-14)17(21)22-10-12-5-7-13(18)8-6-12/h3-9,11,15H,10H2,1-2H3,(H,19,20)/t15-/m0/s1. The Labute approximate surface area is 148 Å². The topological polar surface area (TPSA) is 55.4 Å². The van der Waals surface area contributed by atoms with Crippen LogP contribution in [0.5, 0.6) is 0 Å². The van der Waals surface area contributed by atoms with Gasteiger partial charge in [0.05, 0.1) is 4.88 Å². The molecule has 1 aromatic carbocycles. The SMILES string of the molecule is CC(C)[C@H](NC(=O)c1cccs1)C(=O)OCc1ccc(Br)cc1.